The summed E-state index contributed by atoms with van der Waals surface area (Å²) >= 11 is 1.65. The number of nitrogens with zero attached hydrogens (tertiary/aromatic N) is 1. The summed E-state index contributed by atoms with van der Waals surface area (Å²) in [6.07, 6.45) is 0. The van der Waals surface area contributed by atoms with E-state index in [2.05, 4.69) is 65.7 Å². The molecule has 0 aromatic heterocycles. The molecular formula is C19H24N2OS. The molecule has 0 heterocycles. The number of carbonyl (C=O) groups is 1. The maximum atomic E-state index is 11.9. The molecule has 0 unspecified atom stereocenters. The Hall–Kier alpha value is -1.94. The van der Waals surface area contributed by atoms with Crippen molar-refractivity contribution in [3.63, 3.8) is 0 Å². The second-order valence-corrected chi connectivity index (χ2v) is 6.81. The summed E-state index contributed by atoms with van der Waals surface area (Å²) in [6.45, 7) is 2.67. The zero-order valence-corrected chi connectivity index (χ0v) is 14.8. The van der Waals surface area contributed by atoms with E-state index in [1.807, 2.05) is 14.1 Å². The van der Waals surface area contributed by atoms with Crippen LogP contribution in [-0.4, -0.2) is 25.8 Å². The molecule has 0 aliphatic rings. The summed E-state index contributed by atoms with van der Waals surface area (Å²) in [5.41, 5.74) is 4.80. The van der Waals surface area contributed by atoms with Gasteiger partial charge in [-0.25, -0.2) is 0 Å². The second kappa shape index (κ2) is 8.63. The number of hydrogen-bond acceptors (Lipinski definition) is 3. The predicted octanol–water partition coefficient (Wildman–Crippen LogP) is 3.61. The molecule has 122 valence electrons. The number of carbonyl (C=O) groups excluding carboxylic acids is 1. The van der Waals surface area contributed by atoms with Crippen LogP contribution in [0.2, 0.25) is 0 Å². The minimum Gasteiger partial charge on any atom is -0.378 e. The van der Waals surface area contributed by atoms with E-state index >= 15 is 0 Å². The molecule has 1 amide bonds. The fourth-order valence-corrected chi connectivity index (χ4v) is 3.03. The van der Waals surface area contributed by atoms with Crippen molar-refractivity contribution in [1.82, 2.24) is 5.32 Å². The first-order valence-corrected chi connectivity index (χ1v) is 8.86. The van der Waals surface area contributed by atoms with Gasteiger partial charge in [0, 0.05) is 32.1 Å². The van der Waals surface area contributed by atoms with E-state index < -0.39 is 0 Å². The molecule has 2 aromatic rings. The van der Waals surface area contributed by atoms with Crippen LogP contribution in [-0.2, 0) is 17.1 Å². The lowest BCUT2D eigenvalue weighted by atomic mass is 10.2. The van der Waals surface area contributed by atoms with Crippen molar-refractivity contribution < 1.29 is 4.79 Å². The van der Waals surface area contributed by atoms with Gasteiger partial charge in [0.1, 0.15) is 0 Å². The maximum Gasteiger partial charge on any atom is 0.230 e. The quantitative estimate of drug-likeness (QED) is 0.843. The van der Waals surface area contributed by atoms with Gasteiger partial charge in [0.05, 0.1) is 5.75 Å². The monoisotopic (exact) mass is 328 g/mol. The Morgan fingerprint density at radius 3 is 2.48 bits per heavy atom. The summed E-state index contributed by atoms with van der Waals surface area (Å²) < 4.78 is 0. The zero-order chi connectivity index (χ0) is 16.7. The van der Waals surface area contributed by atoms with E-state index in [1.54, 1.807) is 11.8 Å². The molecule has 3 nitrogen and oxygen atoms in total. The molecule has 0 aliphatic carbocycles. The SMILES string of the molecule is Cc1cccc(CSCC(=O)NCc2ccc(N(C)C)cc2)c1. The van der Waals surface area contributed by atoms with Gasteiger partial charge in [-0.2, -0.15) is 0 Å². The Labute approximate surface area is 143 Å². The van der Waals surface area contributed by atoms with Crippen LogP contribution in [0, 0.1) is 6.92 Å². The van der Waals surface area contributed by atoms with Crippen molar-refractivity contribution in [2.75, 3.05) is 24.7 Å². The van der Waals surface area contributed by atoms with Crippen molar-refractivity contribution in [3.05, 3.63) is 65.2 Å². The van der Waals surface area contributed by atoms with E-state index in [4.69, 9.17) is 0 Å². The van der Waals surface area contributed by atoms with Crippen molar-refractivity contribution >= 4 is 23.4 Å². The zero-order valence-electron chi connectivity index (χ0n) is 14.0. The van der Waals surface area contributed by atoms with Crippen LogP contribution in [0.1, 0.15) is 16.7 Å². The molecule has 0 fully saturated rings. The van der Waals surface area contributed by atoms with E-state index in [-0.39, 0.29) is 5.91 Å². The summed E-state index contributed by atoms with van der Waals surface area (Å²) in [5, 5.41) is 2.97. The number of nitrogens with one attached hydrogen (secondary N) is 1. The normalized spacial score (nSPS) is 10.4. The van der Waals surface area contributed by atoms with E-state index in [1.165, 1.54) is 11.1 Å². The maximum absolute atomic E-state index is 11.9. The average molecular weight is 328 g/mol. The van der Waals surface area contributed by atoms with Crippen LogP contribution < -0.4 is 10.2 Å². The summed E-state index contributed by atoms with van der Waals surface area (Å²) in [7, 11) is 4.03. The molecule has 0 saturated carbocycles. The molecule has 0 atom stereocenters. The van der Waals surface area contributed by atoms with E-state index in [9.17, 15) is 4.79 Å². The molecule has 0 saturated heterocycles. The third-order valence-electron chi connectivity index (χ3n) is 3.53. The van der Waals surface area contributed by atoms with Gasteiger partial charge >= 0.3 is 0 Å². The number of thioether (sulfide) groups is 1. The number of amides is 1. The van der Waals surface area contributed by atoms with Crippen LogP contribution >= 0.6 is 11.8 Å². The van der Waals surface area contributed by atoms with Gasteiger partial charge in [0.25, 0.3) is 0 Å². The Morgan fingerprint density at radius 2 is 1.83 bits per heavy atom. The first-order valence-electron chi connectivity index (χ1n) is 7.71. The first kappa shape index (κ1) is 17.4. The highest BCUT2D eigenvalue weighted by molar-refractivity contribution is 7.99. The molecular weight excluding hydrogens is 304 g/mol. The molecule has 2 rings (SSSR count). The average Bonchev–Trinajstić information content (AvgIpc) is 2.53. The summed E-state index contributed by atoms with van der Waals surface area (Å²) in [4.78, 5) is 14.0. The minimum absolute atomic E-state index is 0.0827. The van der Waals surface area contributed by atoms with E-state index in [0.29, 0.717) is 12.3 Å². The first-order chi connectivity index (χ1) is 11.0. The van der Waals surface area contributed by atoms with Crippen molar-refractivity contribution in [1.29, 1.82) is 0 Å². The lowest BCUT2D eigenvalue weighted by Crippen LogP contribution is -2.24. The highest BCUT2D eigenvalue weighted by atomic mass is 32.2. The molecule has 4 heteroatoms. The molecule has 2 aromatic carbocycles. The topological polar surface area (TPSA) is 32.3 Å². The van der Waals surface area contributed by atoms with Gasteiger partial charge in [-0.3, -0.25) is 4.79 Å². The van der Waals surface area contributed by atoms with Crippen LogP contribution in [0.3, 0.4) is 0 Å². The molecule has 0 radical (unpaired) electrons. The number of aryl methyl sites for hydroxylation is 1. The highest BCUT2D eigenvalue weighted by Gasteiger charge is 2.03. The standard InChI is InChI=1S/C19H24N2OS/c1-15-5-4-6-17(11-15)13-23-14-19(22)20-12-16-7-9-18(10-8-16)21(2)3/h4-11H,12-14H2,1-3H3,(H,20,22). The number of benzene rings is 2. The molecule has 0 bridgehead atoms. The summed E-state index contributed by atoms with van der Waals surface area (Å²) in [6, 6.07) is 16.6. The van der Waals surface area contributed by atoms with Gasteiger partial charge < -0.3 is 10.2 Å². The van der Waals surface area contributed by atoms with Crippen LogP contribution in [0.15, 0.2) is 48.5 Å². The van der Waals surface area contributed by atoms with Crippen molar-refractivity contribution in [2.45, 2.75) is 19.2 Å². The van der Waals surface area contributed by atoms with Gasteiger partial charge in [-0.15, -0.1) is 11.8 Å². The number of anilines is 1. The smallest absolute Gasteiger partial charge is 0.230 e. The van der Waals surface area contributed by atoms with Crippen LogP contribution in [0.5, 0.6) is 0 Å². The fourth-order valence-electron chi connectivity index (χ4n) is 2.23. The lowest BCUT2D eigenvalue weighted by molar-refractivity contribution is -0.118. The Kier molecular flexibility index (Phi) is 6.53. The third-order valence-corrected chi connectivity index (χ3v) is 4.53. The third kappa shape index (κ3) is 5.99. The summed E-state index contributed by atoms with van der Waals surface area (Å²) in [5.74, 6) is 1.44. The lowest BCUT2D eigenvalue weighted by Gasteiger charge is -2.13. The predicted molar refractivity (Wildman–Crippen MR) is 100.0 cm³/mol. The Bertz CT molecular complexity index is 638. The van der Waals surface area contributed by atoms with Gasteiger partial charge in [0.15, 0.2) is 0 Å². The Morgan fingerprint density at radius 1 is 1.09 bits per heavy atom. The van der Waals surface area contributed by atoms with Gasteiger partial charge in [-0.05, 0) is 30.2 Å². The number of hydrogen-bond donors (Lipinski definition) is 1. The largest absolute Gasteiger partial charge is 0.378 e. The Balaban J connectivity index is 1.70. The molecule has 0 aliphatic heterocycles. The van der Waals surface area contributed by atoms with Crippen molar-refractivity contribution in [3.8, 4) is 0 Å². The molecule has 1 N–H and O–H groups in total. The van der Waals surface area contributed by atoms with Crippen LogP contribution in [0.4, 0.5) is 5.69 Å². The van der Waals surface area contributed by atoms with Gasteiger partial charge in [0.2, 0.25) is 5.91 Å². The second-order valence-electron chi connectivity index (χ2n) is 5.82. The number of rotatable bonds is 7. The highest BCUT2D eigenvalue weighted by Crippen LogP contribution is 2.14. The fraction of sp³-hybridized carbons (Fsp3) is 0.316. The minimum atomic E-state index is 0.0827. The molecule has 0 spiro atoms. The molecule has 23 heavy (non-hydrogen) atoms. The van der Waals surface area contributed by atoms with E-state index in [0.717, 1.165) is 17.0 Å². The van der Waals surface area contributed by atoms with Gasteiger partial charge in [-0.1, -0.05) is 42.0 Å². The van der Waals surface area contributed by atoms with Crippen LogP contribution in [0.25, 0.3) is 0 Å². The van der Waals surface area contributed by atoms with Crippen molar-refractivity contribution in [2.24, 2.45) is 0 Å².